The molecule has 0 aromatic heterocycles. The van der Waals surface area contributed by atoms with E-state index in [0.29, 0.717) is 6.04 Å². The maximum atomic E-state index is 10.7. The average molecular weight is 248 g/mol. The van der Waals surface area contributed by atoms with E-state index >= 15 is 0 Å². The van der Waals surface area contributed by atoms with Gasteiger partial charge >= 0.3 is 0 Å². The van der Waals surface area contributed by atoms with Gasteiger partial charge in [-0.2, -0.15) is 0 Å². The van der Waals surface area contributed by atoms with E-state index in [-0.39, 0.29) is 10.6 Å². The molecule has 0 bridgehead atoms. The van der Waals surface area contributed by atoms with Gasteiger partial charge in [-0.1, -0.05) is 25.8 Å². The van der Waals surface area contributed by atoms with Gasteiger partial charge in [-0.05, 0) is 31.2 Å². The van der Waals surface area contributed by atoms with Gasteiger partial charge in [-0.25, -0.2) is 0 Å². The molecule has 1 N–H and O–H groups in total. The Kier molecular flexibility index (Phi) is 4.18. The van der Waals surface area contributed by atoms with Gasteiger partial charge in [0.05, 0.1) is 4.92 Å². The molecule has 4 nitrogen and oxygen atoms in total. The van der Waals surface area contributed by atoms with E-state index in [1.54, 1.807) is 12.1 Å². The lowest BCUT2D eigenvalue weighted by molar-refractivity contribution is -0.384. The number of nitrogens with one attached hydrogen (secondary N) is 1. The minimum Gasteiger partial charge on any atom is -0.382 e. The van der Waals surface area contributed by atoms with E-state index in [1.165, 1.54) is 25.3 Å². The summed E-state index contributed by atoms with van der Waals surface area (Å²) in [7, 11) is 0. The van der Waals surface area contributed by atoms with E-state index in [9.17, 15) is 10.1 Å². The van der Waals surface area contributed by atoms with E-state index in [2.05, 4.69) is 12.2 Å². The third kappa shape index (κ3) is 3.45. The average Bonchev–Trinajstić information content (AvgIpc) is 2.55. The number of benzene rings is 1. The van der Waals surface area contributed by atoms with Crippen LogP contribution in [0.2, 0.25) is 0 Å². The summed E-state index contributed by atoms with van der Waals surface area (Å²) in [5.41, 5.74) is 1.02. The number of hydrogen-bond acceptors (Lipinski definition) is 3. The van der Waals surface area contributed by atoms with Gasteiger partial charge in [0.25, 0.3) is 5.69 Å². The first-order valence-corrected chi connectivity index (χ1v) is 6.66. The second-order valence-electron chi connectivity index (χ2n) is 5.26. The monoisotopic (exact) mass is 248 g/mol. The highest BCUT2D eigenvalue weighted by molar-refractivity contribution is 5.51. The van der Waals surface area contributed by atoms with Crippen molar-refractivity contribution in [3.8, 4) is 0 Å². The first-order chi connectivity index (χ1) is 8.65. The van der Waals surface area contributed by atoms with Gasteiger partial charge in [-0.3, -0.25) is 10.1 Å². The van der Waals surface area contributed by atoms with Crippen molar-refractivity contribution in [3.63, 3.8) is 0 Å². The zero-order chi connectivity index (χ0) is 13.0. The molecule has 0 saturated heterocycles. The molecule has 98 valence electrons. The van der Waals surface area contributed by atoms with Crippen molar-refractivity contribution in [1.82, 2.24) is 0 Å². The molecule has 0 heterocycles. The molecule has 0 aliphatic heterocycles. The molecule has 0 amide bonds. The fourth-order valence-electron chi connectivity index (χ4n) is 2.58. The van der Waals surface area contributed by atoms with Gasteiger partial charge < -0.3 is 5.32 Å². The third-order valence-corrected chi connectivity index (χ3v) is 3.69. The Balaban J connectivity index is 2.00. The summed E-state index contributed by atoms with van der Waals surface area (Å²) in [6.45, 7) is 2.30. The Labute approximate surface area is 108 Å². The highest BCUT2D eigenvalue weighted by Gasteiger charge is 2.16. The van der Waals surface area contributed by atoms with E-state index in [1.807, 2.05) is 6.07 Å². The number of non-ortho nitro benzene ring substituents is 1. The van der Waals surface area contributed by atoms with Crippen LogP contribution in [0.4, 0.5) is 11.4 Å². The predicted octanol–water partition coefficient (Wildman–Crippen LogP) is 3.98. The summed E-state index contributed by atoms with van der Waals surface area (Å²) in [5.74, 6) is 0.807. The van der Waals surface area contributed by atoms with Crippen LogP contribution in [0, 0.1) is 16.0 Å². The normalized spacial score (nSPS) is 24.3. The van der Waals surface area contributed by atoms with Crippen LogP contribution in [-0.4, -0.2) is 11.0 Å². The molecule has 0 radical (unpaired) electrons. The molecule has 1 aliphatic rings. The third-order valence-electron chi connectivity index (χ3n) is 3.69. The zero-order valence-electron chi connectivity index (χ0n) is 10.8. The first-order valence-electron chi connectivity index (χ1n) is 6.66. The van der Waals surface area contributed by atoms with Crippen LogP contribution in [0.5, 0.6) is 0 Å². The number of hydrogen-bond donors (Lipinski definition) is 1. The van der Waals surface area contributed by atoms with Crippen molar-refractivity contribution in [2.45, 2.75) is 45.1 Å². The van der Waals surface area contributed by atoms with Gasteiger partial charge in [0.15, 0.2) is 0 Å². The van der Waals surface area contributed by atoms with Crippen molar-refractivity contribution in [2.75, 3.05) is 5.32 Å². The molecule has 2 rings (SSSR count). The number of nitrogens with zero attached hydrogens (tertiary/aromatic N) is 1. The molecule has 2 unspecified atom stereocenters. The van der Waals surface area contributed by atoms with Crippen molar-refractivity contribution >= 4 is 11.4 Å². The lowest BCUT2D eigenvalue weighted by Gasteiger charge is -2.17. The summed E-state index contributed by atoms with van der Waals surface area (Å²) in [6, 6.07) is 7.24. The maximum absolute atomic E-state index is 10.7. The Hall–Kier alpha value is -1.58. The van der Waals surface area contributed by atoms with Crippen LogP contribution in [0.1, 0.15) is 39.0 Å². The van der Waals surface area contributed by atoms with Crippen LogP contribution < -0.4 is 5.32 Å². The minimum atomic E-state index is -0.347. The van der Waals surface area contributed by atoms with Gasteiger partial charge in [-0.15, -0.1) is 0 Å². The molecule has 0 spiro atoms. The summed E-state index contributed by atoms with van der Waals surface area (Å²) in [4.78, 5) is 10.4. The molecule has 1 aliphatic carbocycles. The van der Waals surface area contributed by atoms with Crippen molar-refractivity contribution in [3.05, 3.63) is 34.4 Å². The number of nitro benzene ring substituents is 1. The van der Waals surface area contributed by atoms with E-state index in [4.69, 9.17) is 0 Å². The van der Waals surface area contributed by atoms with E-state index in [0.717, 1.165) is 24.4 Å². The summed E-state index contributed by atoms with van der Waals surface area (Å²) < 4.78 is 0. The molecule has 18 heavy (non-hydrogen) atoms. The summed E-state index contributed by atoms with van der Waals surface area (Å²) >= 11 is 0. The van der Waals surface area contributed by atoms with Crippen LogP contribution in [0.15, 0.2) is 24.3 Å². The van der Waals surface area contributed by atoms with Gasteiger partial charge in [0, 0.05) is 23.9 Å². The Morgan fingerprint density at radius 2 is 2.11 bits per heavy atom. The summed E-state index contributed by atoms with van der Waals surface area (Å²) in [5, 5.41) is 14.2. The largest absolute Gasteiger partial charge is 0.382 e. The Bertz CT molecular complexity index is 420. The first kappa shape index (κ1) is 12.9. The lowest BCUT2D eigenvalue weighted by Crippen LogP contribution is -2.18. The molecule has 2 atom stereocenters. The number of rotatable bonds is 3. The van der Waals surface area contributed by atoms with Crippen LogP contribution in [-0.2, 0) is 0 Å². The maximum Gasteiger partial charge on any atom is 0.271 e. The molecule has 1 aromatic rings. The van der Waals surface area contributed by atoms with Crippen LogP contribution in [0.3, 0.4) is 0 Å². The molecular weight excluding hydrogens is 228 g/mol. The second-order valence-corrected chi connectivity index (χ2v) is 5.26. The zero-order valence-corrected chi connectivity index (χ0v) is 10.8. The van der Waals surface area contributed by atoms with Crippen molar-refractivity contribution in [2.24, 2.45) is 5.92 Å². The van der Waals surface area contributed by atoms with E-state index < -0.39 is 0 Å². The lowest BCUT2D eigenvalue weighted by atomic mass is 10.0. The molecule has 1 saturated carbocycles. The molecular formula is C14H20N2O2. The quantitative estimate of drug-likeness (QED) is 0.500. The fraction of sp³-hybridized carbons (Fsp3) is 0.571. The smallest absolute Gasteiger partial charge is 0.271 e. The summed E-state index contributed by atoms with van der Waals surface area (Å²) in [6.07, 6.45) is 6.10. The number of nitro groups is 1. The second kappa shape index (κ2) is 5.85. The number of anilines is 1. The van der Waals surface area contributed by atoms with Crippen molar-refractivity contribution < 1.29 is 4.92 Å². The van der Waals surface area contributed by atoms with Crippen molar-refractivity contribution in [1.29, 1.82) is 0 Å². The van der Waals surface area contributed by atoms with Crippen LogP contribution >= 0.6 is 0 Å². The van der Waals surface area contributed by atoms with Crippen LogP contribution in [0.25, 0.3) is 0 Å². The van der Waals surface area contributed by atoms with Gasteiger partial charge in [0.1, 0.15) is 0 Å². The SMILES string of the molecule is CC1CCCC(Nc2cccc([N+](=O)[O-])c2)CC1. The Morgan fingerprint density at radius 1 is 1.28 bits per heavy atom. The molecule has 4 heteroatoms. The predicted molar refractivity (Wildman–Crippen MR) is 72.8 cm³/mol. The fourth-order valence-corrected chi connectivity index (χ4v) is 2.58. The minimum absolute atomic E-state index is 0.155. The highest BCUT2D eigenvalue weighted by Crippen LogP contribution is 2.26. The highest BCUT2D eigenvalue weighted by atomic mass is 16.6. The topological polar surface area (TPSA) is 55.2 Å². The Morgan fingerprint density at radius 3 is 2.89 bits per heavy atom. The molecule has 1 fully saturated rings. The standard InChI is InChI=1S/C14H20N2O2/c1-11-4-2-5-12(9-8-11)15-13-6-3-7-14(10-13)16(17)18/h3,6-7,10-12,15H,2,4-5,8-9H2,1H3. The molecule has 1 aromatic carbocycles. The van der Waals surface area contributed by atoms with Gasteiger partial charge in [0.2, 0.25) is 0 Å².